The second-order valence-corrected chi connectivity index (χ2v) is 4.34. The lowest BCUT2D eigenvalue weighted by Gasteiger charge is -2.29. The van der Waals surface area contributed by atoms with Crippen molar-refractivity contribution >= 4 is 23.2 Å². The minimum absolute atomic E-state index is 0.217. The van der Waals surface area contributed by atoms with E-state index in [-0.39, 0.29) is 11.2 Å². The minimum Gasteiger partial charge on any atom is -0.207 e. The van der Waals surface area contributed by atoms with E-state index in [1.54, 1.807) is 12.1 Å². The van der Waals surface area contributed by atoms with Crippen LogP contribution < -0.4 is 0 Å². The summed E-state index contributed by atoms with van der Waals surface area (Å²) in [6.45, 7) is 2.09. The summed E-state index contributed by atoms with van der Waals surface area (Å²) >= 11 is 12.0. The highest BCUT2D eigenvalue weighted by Gasteiger charge is 2.29. The fourth-order valence-electron chi connectivity index (χ4n) is 1.75. The lowest BCUT2D eigenvalue weighted by atomic mass is 9.80. The predicted octanol–water partition coefficient (Wildman–Crippen LogP) is 4.34. The third-order valence-electron chi connectivity index (χ3n) is 2.70. The molecule has 0 amide bonds. The van der Waals surface area contributed by atoms with Crippen molar-refractivity contribution in [3.8, 4) is 0 Å². The first-order valence-electron chi connectivity index (χ1n) is 5.06. The summed E-state index contributed by atoms with van der Waals surface area (Å²) in [4.78, 5) is 0. The highest BCUT2D eigenvalue weighted by Crippen LogP contribution is 2.32. The molecule has 0 bridgehead atoms. The molecule has 0 saturated carbocycles. The summed E-state index contributed by atoms with van der Waals surface area (Å²) in [5.74, 6) is 0.708. The predicted molar refractivity (Wildman–Crippen MR) is 64.4 cm³/mol. The van der Waals surface area contributed by atoms with Crippen LogP contribution in [0.5, 0.6) is 0 Å². The zero-order valence-electron chi connectivity index (χ0n) is 8.77. The molecule has 0 aliphatic heterocycles. The molecule has 0 unspecified atom stereocenters. The topological polar surface area (TPSA) is 0 Å². The van der Waals surface area contributed by atoms with Gasteiger partial charge in [0, 0.05) is 17.2 Å². The van der Waals surface area contributed by atoms with Gasteiger partial charge in [-0.1, -0.05) is 25.5 Å². The summed E-state index contributed by atoms with van der Waals surface area (Å²) in [6.07, 6.45) is 1.93. The molecule has 3 heteroatoms. The van der Waals surface area contributed by atoms with E-state index in [4.69, 9.17) is 23.2 Å². The number of rotatable bonds is 5. The van der Waals surface area contributed by atoms with E-state index < -0.39 is 0 Å². The Bertz CT molecular complexity index is 291. The zero-order valence-corrected chi connectivity index (χ0v) is 10.3. The Labute approximate surface area is 100 Å². The summed E-state index contributed by atoms with van der Waals surface area (Å²) in [5, 5.41) is 0. The van der Waals surface area contributed by atoms with Gasteiger partial charge in [0.1, 0.15) is 5.82 Å². The lowest BCUT2D eigenvalue weighted by molar-refractivity contribution is 0.484. The van der Waals surface area contributed by atoms with Crippen LogP contribution in [0.25, 0.3) is 0 Å². The molecule has 0 N–H and O–H groups in total. The lowest BCUT2D eigenvalue weighted by Crippen LogP contribution is -2.30. The van der Waals surface area contributed by atoms with E-state index in [9.17, 15) is 4.39 Å². The van der Waals surface area contributed by atoms with Crippen molar-refractivity contribution in [2.75, 3.05) is 11.8 Å². The van der Waals surface area contributed by atoms with Crippen molar-refractivity contribution in [1.82, 2.24) is 0 Å². The van der Waals surface area contributed by atoms with Crippen molar-refractivity contribution in [3.63, 3.8) is 0 Å². The van der Waals surface area contributed by atoms with Crippen LogP contribution in [0, 0.1) is 5.82 Å². The van der Waals surface area contributed by atoms with Gasteiger partial charge < -0.3 is 0 Å². The van der Waals surface area contributed by atoms with Crippen LogP contribution in [-0.4, -0.2) is 11.8 Å². The van der Waals surface area contributed by atoms with Gasteiger partial charge in [-0.15, -0.1) is 23.2 Å². The highest BCUT2D eigenvalue weighted by atomic mass is 35.5. The quantitative estimate of drug-likeness (QED) is 0.681. The van der Waals surface area contributed by atoms with Crippen LogP contribution in [-0.2, 0) is 5.41 Å². The molecule has 0 aliphatic carbocycles. The zero-order chi connectivity index (χ0) is 11.3. The van der Waals surface area contributed by atoms with Crippen molar-refractivity contribution in [3.05, 3.63) is 35.6 Å². The number of benzene rings is 1. The maximum atomic E-state index is 12.8. The number of hydrogen-bond donors (Lipinski definition) is 0. The first-order chi connectivity index (χ1) is 7.18. The Morgan fingerprint density at radius 2 is 1.67 bits per heavy atom. The summed E-state index contributed by atoms with van der Waals surface area (Å²) < 4.78 is 12.8. The number of halogens is 3. The molecule has 15 heavy (non-hydrogen) atoms. The molecule has 0 fully saturated rings. The molecular formula is C12H15Cl2F. The third-order valence-corrected chi connectivity index (χ3v) is 3.72. The summed E-state index contributed by atoms with van der Waals surface area (Å²) in [7, 11) is 0. The normalized spacial score (nSPS) is 11.7. The molecule has 0 aromatic heterocycles. The Hall–Kier alpha value is -0.270. The standard InChI is InChI=1S/C12H15Cl2F/c1-2-7-12(8-13,9-14)10-3-5-11(15)6-4-10/h3-6H,2,7-9H2,1H3. The Balaban J connectivity index is 3.02. The van der Waals surface area contributed by atoms with Crippen molar-refractivity contribution < 1.29 is 4.39 Å². The van der Waals surface area contributed by atoms with Crippen LogP contribution in [0.3, 0.4) is 0 Å². The molecule has 0 spiro atoms. The summed E-state index contributed by atoms with van der Waals surface area (Å²) in [6, 6.07) is 6.46. The van der Waals surface area contributed by atoms with Gasteiger partial charge in [0.25, 0.3) is 0 Å². The van der Waals surface area contributed by atoms with Crippen molar-refractivity contribution in [2.45, 2.75) is 25.2 Å². The first-order valence-corrected chi connectivity index (χ1v) is 6.13. The smallest absolute Gasteiger partial charge is 0.123 e. The van der Waals surface area contributed by atoms with Gasteiger partial charge in [0.2, 0.25) is 0 Å². The van der Waals surface area contributed by atoms with Crippen LogP contribution in [0.15, 0.2) is 24.3 Å². The van der Waals surface area contributed by atoms with Gasteiger partial charge in [-0.3, -0.25) is 0 Å². The second-order valence-electron chi connectivity index (χ2n) is 3.80. The number of hydrogen-bond acceptors (Lipinski definition) is 0. The average Bonchev–Trinajstić information content (AvgIpc) is 2.27. The van der Waals surface area contributed by atoms with Crippen LogP contribution in [0.4, 0.5) is 4.39 Å². The fourth-order valence-corrected chi connectivity index (χ4v) is 2.61. The van der Waals surface area contributed by atoms with E-state index in [1.165, 1.54) is 12.1 Å². The molecule has 1 rings (SSSR count). The molecule has 0 heterocycles. The first kappa shape index (κ1) is 12.8. The molecule has 1 aromatic carbocycles. The van der Waals surface area contributed by atoms with E-state index in [2.05, 4.69) is 6.92 Å². The van der Waals surface area contributed by atoms with Crippen molar-refractivity contribution in [2.24, 2.45) is 0 Å². The van der Waals surface area contributed by atoms with Crippen LogP contribution in [0.1, 0.15) is 25.3 Å². The number of alkyl halides is 2. The van der Waals surface area contributed by atoms with Gasteiger partial charge in [-0.05, 0) is 24.1 Å². The Kier molecular flexibility index (Phi) is 4.88. The van der Waals surface area contributed by atoms with Gasteiger partial charge in [0.15, 0.2) is 0 Å². The molecule has 0 saturated heterocycles. The molecule has 84 valence electrons. The van der Waals surface area contributed by atoms with Gasteiger partial charge in [-0.25, -0.2) is 4.39 Å². The third kappa shape index (κ3) is 2.85. The van der Waals surface area contributed by atoms with Gasteiger partial charge in [0.05, 0.1) is 0 Å². The highest BCUT2D eigenvalue weighted by molar-refractivity contribution is 6.22. The second kappa shape index (κ2) is 5.72. The maximum Gasteiger partial charge on any atom is 0.123 e. The Morgan fingerprint density at radius 1 is 1.13 bits per heavy atom. The molecule has 0 aliphatic rings. The molecule has 0 radical (unpaired) electrons. The molecular weight excluding hydrogens is 234 g/mol. The Morgan fingerprint density at radius 3 is 2.07 bits per heavy atom. The van der Waals surface area contributed by atoms with Crippen molar-refractivity contribution in [1.29, 1.82) is 0 Å². The molecule has 1 aromatic rings. The van der Waals surface area contributed by atoms with Gasteiger partial charge in [-0.2, -0.15) is 0 Å². The largest absolute Gasteiger partial charge is 0.207 e. The summed E-state index contributed by atoms with van der Waals surface area (Å²) in [5.41, 5.74) is 0.807. The molecule has 0 atom stereocenters. The van der Waals surface area contributed by atoms with E-state index in [0.29, 0.717) is 11.8 Å². The van der Waals surface area contributed by atoms with Gasteiger partial charge >= 0.3 is 0 Å². The SMILES string of the molecule is CCCC(CCl)(CCl)c1ccc(F)cc1. The maximum absolute atomic E-state index is 12.8. The monoisotopic (exact) mass is 248 g/mol. The van der Waals surface area contributed by atoms with E-state index in [1.807, 2.05) is 0 Å². The van der Waals surface area contributed by atoms with E-state index >= 15 is 0 Å². The van der Waals surface area contributed by atoms with E-state index in [0.717, 1.165) is 18.4 Å². The van der Waals surface area contributed by atoms with Crippen LogP contribution >= 0.6 is 23.2 Å². The minimum atomic E-state index is -0.228. The molecule has 0 nitrogen and oxygen atoms in total. The van der Waals surface area contributed by atoms with Crippen LogP contribution in [0.2, 0.25) is 0 Å². The average molecular weight is 249 g/mol. The fraction of sp³-hybridized carbons (Fsp3) is 0.500.